The smallest absolute Gasteiger partial charge is 0.250 e. The topological polar surface area (TPSA) is 75.3 Å². The number of benzene rings is 1. The van der Waals surface area contributed by atoms with Gasteiger partial charge in [0.1, 0.15) is 10.3 Å². The summed E-state index contributed by atoms with van der Waals surface area (Å²) < 4.78 is 27.9. The van der Waals surface area contributed by atoms with E-state index in [1.807, 2.05) is 30.3 Å². The molecule has 1 aliphatic carbocycles. The summed E-state index contributed by atoms with van der Waals surface area (Å²) in [6, 6.07) is 12.0. The minimum Gasteiger partial charge on any atom is -0.352 e. The van der Waals surface area contributed by atoms with Crippen LogP contribution in [-0.2, 0) is 21.2 Å². The van der Waals surface area contributed by atoms with Crippen molar-refractivity contribution in [3.05, 3.63) is 53.4 Å². The molecule has 7 heteroatoms. The lowest BCUT2D eigenvalue weighted by Crippen LogP contribution is -2.50. The molecule has 2 aromatic rings. The second kappa shape index (κ2) is 8.12. The van der Waals surface area contributed by atoms with Gasteiger partial charge in [0.05, 0.1) is 0 Å². The van der Waals surface area contributed by atoms with Gasteiger partial charge in [0.15, 0.2) is 0 Å². The molecule has 2 N–H and O–H groups in total. The molecule has 1 aliphatic rings. The van der Waals surface area contributed by atoms with Gasteiger partial charge in [-0.25, -0.2) is 8.42 Å². The third kappa shape index (κ3) is 4.90. The van der Waals surface area contributed by atoms with Crippen LogP contribution in [0.5, 0.6) is 0 Å². The summed E-state index contributed by atoms with van der Waals surface area (Å²) in [7, 11) is -3.71. The fourth-order valence-electron chi connectivity index (χ4n) is 3.07. The minimum absolute atomic E-state index is 0.150. The zero-order chi connectivity index (χ0) is 17.7. The first-order chi connectivity index (χ1) is 12.0. The molecule has 1 aromatic heterocycles. The highest BCUT2D eigenvalue weighted by molar-refractivity contribution is 7.91. The average Bonchev–Trinajstić information content (AvgIpc) is 3.29. The summed E-state index contributed by atoms with van der Waals surface area (Å²) in [4.78, 5) is 12.7. The molecule has 3 rings (SSSR count). The van der Waals surface area contributed by atoms with Gasteiger partial charge < -0.3 is 5.32 Å². The summed E-state index contributed by atoms with van der Waals surface area (Å²) in [6.45, 7) is 0. The highest BCUT2D eigenvalue weighted by Crippen LogP contribution is 2.19. The number of carbonyl (C=O) groups excluding carboxylic acids is 1. The molecule has 0 unspecified atom stereocenters. The van der Waals surface area contributed by atoms with Gasteiger partial charge >= 0.3 is 0 Å². The van der Waals surface area contributed by atoms with Crippen molar-refractivity contribution in [2.45, 2.75) is 48.4 Å². The van der Waals surface area contributed by atoms with E-state index < -0.39 is 16.1 Å². The van der Waals surface area contributed by atoms with Crippen LogP contribution in [0.2, 0.25) is 0 Å². The number of carbonyl (C=O) groups is 1. The van der Waals surface area contributed by atoms with E-state index in [2.05, 4.69) is 10.0 Å². The van der Waals surface area contributed by atoms with Crippen LogP contribution in [0, 0.1) is 0 Å². The number of hydrogen-bond acceptors (Lipinski definition) is 4. The Kier molecular flexibility index (Phi) is 5.88. The highest BCUT2D eigenvalue weighted by atomic mass is 32.2. The van der Waals surface area contributed by atoms with Crippen molar-refractivity contribution in [3.63, 3.8) is 0 Å². The zero-order valence-electron chi connectivity index (χ0n) is 13.9. The normalized spacial score (nSPS) is 16.6. The van der Waals surface area contributed by atoms with Crippen LogP contribution in [-0.4, -0.2) is 26.4 Å². The van der Waals surface area contributed by atoms with Crippen LogP contribution in [0.25, 0.3) is 0 Å². The monoisotopic (exact) mass is 378 g/mol. The average molecular weight is 379 g/mol. The highest BCUT2D eigenvalue weighted by Gasteiger charge is 2.28. The Hall–Kier alpha value is -1.70. The molecule has 0 radical (unpaired) electrons. The van der Waals surface area contributed by atoms with Crippen LogP contribution in [0.1, 0.15) is 31.2 Å². The molecule has 134 valence electrons. The summed E-state index contributed by atoms with van der Waals surface area (Å²) >= 11 is 1.14. The Bertz CT molecular complexity index is 783. The SMILES string of the molecule is O=C(NC1CCCC1)[C@@H](Cc1ccccc1)NS(=O)(=O)c1cccs1. The molecule has 0 spiro atoms. The van der Waals surface area contributed by atoms with Gasteiger partial charge in [-0.15, -0.1) is 11.3 Å². The lowest BCUT2D eigenvalue weighted by Gasteiger charge is -2.21. The van der Waals surface area contributed by atoms with Crippen molar-refractivity contribution in [3.8, 4) is 0 Å². The lowest BCUT2D eigenvalue weighted by atomic mass is 10.1. The van der Waals surface area contributed by atoms with Gasteiger partial charge in [0.25, 0.3) is 10.0 Å². The van der Waals surface area contributed by atoms with Gasteiger partial charge in [0, 0.05) is 6.04 Å². The molecule has 1 saturated carbocycles. The van der Waals surface area contributed by atoms with Gasteiger partial charge in [-0.05, 0) is 36.3 Å². The van der Waals surface area contributed by atoms with Crippen LogP contribution < -0.4 is 10.0 Å². The number of hydrogen-bond donors (Lipinski definition) is 2. The largest absolute Gasteiger partial charge is 0.352 e. The van der Waals surface area contributed by atoms with E-state index in [1.165, 1.54) is 0 Å². The van der Waals surface area contributed by atoms with E-state index in [4.69, 9.17) is 0 Å². The van der Waals surface area contributed by atoms with Crippen LogP contribution >= 0.6 is 11.3 Å². The van der Waals surface area contributed by atoms with Crippen molar-refractivity contribution in [2.75, 3.05) is 0 Å². The third-order valence-corrected chi connectivity index (χ3v) is 7.23. The Balaban J connectivity index is 1.77. The number of thiophene rings is 1. The first-order valence-electron chi connectivity index (χ1n) is 8.45. The first kappa shape index (κ1) is 18.1. The lowest BCUT2D eigenvalue weighted by molar-refractivity contribution is -0.123. The molecule has 1 atom stereocenters. The number of sulfonamides is 1. The van der Waals surface area contributed by atoms with Crippen LogP contribution in [0.3, 0.4) is 0 Å². The Morgan fingerprint density at radius 3 is 2.48 bits per heavy atom. The molecule has 1 fully saturated rings. The van der Waals surface area contributed by atoms with Crippen molar-refractivity contribution in [2.24, 2.45) is 0 Å². The molecular formula is C18H22N2O3S2. The van der Waals surface area contributed by atoms with Gasteiger partial charge in [-0.1, -0.05) is 49.2 Å². The van der Waals surface area contributed by atoms with E-state index in [9.17, 15) is 13.2 Å². The summed E-state index contributed by atoms with van der Waals surface area (Å²) in [5.74, 6) is -0.254. The summed E-state index contributed by atoms with van der Waals surface area (Å²) in [5, 5.41) is 4.71. The number of amides is 1. The van der Waals surface area contributed by atoms with Crippen LogP contribution in [0.15, 0.2) is 52.1 Å². The molecule has 0 bridgehead atoms. The Morgan fingerprint density at radius 1 is 1.12 bits per heavy atom. The van der Waals surface area contributed by atoms with E-state index in [0.29, 0.717) is 6.42 Å². The third-order valence-electron chi connectivity index (χ3n) is 4.36. The molecule has 1 heterocycles. The molecule has 25 heavy (non-hydrogen) atoms. The van der Waals surface area contributed by atoms with Crippen LogP contribution in [0.4, 0.5) is 0 Å². The Morgan fingerprint density at radius 2 is 1.84 bits per heavy atom. The molecule has 1 aromatic carbocycles. The molecule has 0 saturated heterocycles. The van der Waals surface area contributed by atoms with Crippen molar-refractivity contribution in [1.82, 2.24) is 10.0 Å². The van der Waals surface area contributed by atoms with E-state index in [1.54, 1.807) is 17.5 Å². The Labute approximate surface area is 152 Å². The second-order valence-electron chi connectivity index (χ2n) is 6.29. The second-order valence-corrected chi connectivity index (χ2v) is 9.17. The number of rotatable bonds is 7. The fraction of sp³-hybridized carbons (Fsp3) is 0.389. The maximum absolute atomic E-state index is 12.7. The maximum Gasteiger partial charge on any atom is 0.250 e. The summed E-state index contributed by atoms with van der Waals surface area (Å²) in [5.41, 5.74) is 0.919. The first-order valence-corrected chi connectivity index (χ1v) is 10.8. The van der Waals surface area contributed by atoms with E-state index in [0.717, 1.165) is 42.6 Å². The summed E-state index contributed by atoms with van der Waals surface area (Å²) in [6.07, 6.45) is 4.46. The van der Waals surface area contributed by atoms with E-state index >= 15 is 0 Å². The van der Waals surface area contributed by atoms with Gasteiger partial charge in [0.2, 0.25) is 5.91 Å². The predicted octanol–water partition coefficient (Wildman–Crippen LogP) is 2.70. The standard InChI is InChI=1S/C18H22N2O3S2/c21-18(19-15-9-4-5-10-15)16(13-14-7-2-1-3-8-14)20-25(22,23)17-11-6-12-24-17/h1-3,6-8,11-12,15-16,20H,4-5,9-10,13H2,(H,19,21)/t16-/m1/s1. The van der Waals surface area contributed by atoms with Crippen molar-refractivity contribution >= 4 is 27.3 Å². The minimum atomic E-state index is -3.71. The van der Waals surface area contributed by atoms with E-state index in [-0.39, 0.29) is 16.2 Å². The van der Waals surface area contributed by atoms with Gasteiger partial charge in [-0.2, -0.15) is 4.72 Å². The zero-order valence-corrected chi connectivity index (χ0v) is 15.5. The fourth-order valence-corrected chi connectivity index (χ4v) is 5.28. The number of nitrogens with one attached hydrogen (secondary N) is 2. The van der Waals surface area contributed by atoms with Gasteiger partial charge in [-0.3, -0.25) is 4.79 Å². The molecule has 5 nitrogen and oxygen atoms in total. The molecular weight excluding hydrogens is 356 g/mol. The molecule has 1 amide bonds. The maximum atomic E-state index is 12.7. The van der Waals surface area contributed by atoms with Crippen molar-refractivity contribution < 1.29 is 13.2 Å². The van der Waals surface area contributed by atoms with Crippen molar-refractivity contribution in [1.29, 1.82) is 0 Å². The predicted molar refractivity (Wildman–Crippen MR) is 99.0 cm³/mol. The quantitative estimate of drug-likeness (QED) is 0.778. The molecule has 0 aliphatic heterocycles.